The molecule has 7 rings (SSSR count). The number of ether oxygens (including phenoxy) is 1. The second kappa shape index (κ2) is 11.2. The zero-order valence-corrected chi connectivity index (χ0v) is 24.2. The fraction of sp³-hybridized carbons (Fsp3) is 0.219. The van der Waals surface area contributed by atoms with E-state index in [0.29, 0.717) is 40.1 Å². The van der Waals surface area contributed by atoms with Gasteiger partial charge in [-0.2, -0.15) is 0 Å². The van der Waals surface area contributed by atoms with Crippen molar-refractivity contribution in [3.63, 3.8) is 0 Å². The van der Waals surface area contributed by atoms with E-state index in [0.717, 1.165) is 35.3 Å². The van der Waals surface area contributed by atoms with Crippen LogP contribution in [-0.2, 0) is 11.0 Å². The largest absolute Gasteiger partial charge is 0.489 e. The number of benzene rings is 3. The fourth-order valence-electron chi connectivity index (χ4n) is 5.73. The molecule has 0 aliphatic carbocycles. The summed E-state index contributed by atoms with van der Waals surface area (Å²) in [4.78, 5) is 28.0. The van der Waals surface area contributed by atoms with Gasteiger partial charge in [0, 0.05) is 35.8 Å². The van der Waals surface area contributed by atoms with Crippen molar-refractivity contribution in [3.8, 4) is 5.75 Å². The van der Waals surface area contributed by atoms with Crippen LogP contribution in [0.2, 0.25) is 5.02 Å². The number of aromatic amines is 1. The number of aromatic nitrogens is 3. The predicted molar refractivity (Wildman–Crippen MR) is 163 cm³/mol. The number of likely N-dealkylation sites (tertiary alicyclic amines) is 1. The zero-order chi connectivity index (χ0) is 28.6. The molecule has 0 radical (unpaired) electrons. The van der Waals surface area contributed by atoms with Gasteiger partial charge in [0.1, 0.15) is 29.2 Å². The minimum Gasteiger partial charge on any atom is -0.489 e. The van der Waals surface area contributed by atoms with Crippen molar-refractivity contribution >= 4 is 45.2 Å². The Labute approximate surface area is 250 Å². The van der Waals surface area contributed by atoms with E-state index in [1.165, 1.54) is 0 Å². The van der Waals surface area contributed by atoms with Crippen molar-refractivity contribution in [3.05, 3.63) is 113 Å². The number of nitrogens with one attached hydrogen (secondary N) is 1. The topological polar surface area (TPSA) is 91.4 Å². The van der Waals surface area contributed by atoms with E-state index < -0.39 is 11.0 Å². The first kappa shape index (κ1) is 26.7. The normalized spacial score (nSPS) is 18.0. The van der Waals surface area contributed by atoms with Crippen LogP contribution < -0.4 is 9.04 Å². The van der Waals surface area contributed by atoms with Crippen LogP contribution in [0.4, 0.5) is 5.69 Å². The third kappa shape index (κ3) is 5.03. The highest BCUT2D eigenvalue weighted by Gasteiger charge is 2.35. The van der Waals surface area contributed by atoms with Gasteiger partial charge in [0.2, 0.25) is 0 Å². The minimum atomic E-state index is -1.61. The lowest BCUT2D eigenvalue weighted by molar-refractivity contribution is 0.0710. The number of hydrogen-bond donors (Lipinski definition) is 1. The fourth-order valence-corrected chi connectivity index (χ4v) is 7.14. The molecule has 3 aromatic carbocycles. The maximum atomic E-state index is 13.9. The number of H-pyrrole nitrogens is 1. The quantitative estimate of drug-likeness (QED) is 0.257. The van der Waals surface area contributed by atoms with Crippen LogP contribution >= 0.6 is 11.6 Å². The first-order valence-corrected chi connectivity index (χ1v) is 15.4. The lowest BCUT2D eigenvalue weighted by atomic mass is 9.95. The molecule has 8 nitrogen and oxygen atoms in total. The Morgan fingerprint density at radius 2 is 1.76 bits per heavy atom. The number of amides is 1. The molecule has 4 heterocycles. The number of fused-ring (bicyclic) bond motifs is 2. The van der Waals surface area contributed by atoms with Crippen LogP contribution in [-0.4, -0.2) is 49.7 Å². The van der Waals surface area contributed by atoms with Crippen LogP contribution in [0.3, 0.4) is 0 Å². The highest BCUT2D eigenvalue weighted by molar-refractivity contribution is 7.86. The Kier molecular flexibility index (Phi) is 7.13. The number of carbonyl (C=O) groups is 1. The van der Waals surface area contributed by atoms with E-state index in [1.807, 2.05) is 69.9 Å². The Bertz CT molecular complexity index is 1740. The molecule has 1 fully saturated rings. The highest BCUT2D eigenvalue weighted by Crippen LogP contribution is 2.42. The van der Waals surface area contributed by atoms with Crippen LogP contribution in [0.1, 0.15) is 46.5 Å². The van der Waals surface area contributed by atoms with Crippen molar-refractivity contribution in [2.24, 2.45) is 0 Å². The van der Waals surface area contributed by atoms with Crippen LogP contribution in [0.5, 0.6) is 5.75 Å². The number of carbonyl (C=O) groups excluding carboxylic acids is 1. The van der Waals surface area contributed by atoms with Crippen molar-refractivity contribution in [2.75, 3.05) is 24.0 Å². The van der Waals surface area contributed by atoms with E-state index in [-0.39, 0.29) is 24.5 Å². The Balaban J connectivity index is 1.12. The van der Waals surface area contributed by atoms with Gasteiger partial charge in [-0.05, 0) is 73.0 Å². The monoisotopic (exact) mass is 597 g/mol. The van der Waals surface area contributed by atoms with Gasteiger partial charge in [0.15, 0.2) is 11.0 Å². The maximum Gasteiger partial charge on any atom is 0.253 e. The predicted octanol–water partition coefficient (Wildman–Crippen LogP) is 6.29. The number of imidazole rings is 1. The van der Waals surface area contributed by atoms with E-state index in [9.17, 15) is 9.00 Å². The molecule has 0 spiro atoms. The number of para-hydroxylation sites is 2. The second-order valence-electron chi connectivity index (χ2n) is 10.5. The second-order valence-corrected chi connectivity index (χ2v) is 12.3. The van der Waals surface area contributed by atoms with E-state index in [1.54, 1.807) is 30.5 Å². The van der Waals surface area contributed by atoms with Gasteiger partial charge in [-0.25, -0.2) is 14.2 Å². The smallest absolute Gasteiger partial charge is 0.253 e. The van der Waals surface area contributed by atoms with Crippen molar-refractivity contribution in [2.45, 2.75) is 29.8 Å². The summed E-state index contributed by atoms with van der Waals surface area (Å²) in [7, 11) is -1.61. The molecule has 1 saturated heterocycles. The summed E-state index contributed by atoms with van der Waals surface area (Å²) in [6, 6.07) is 25.9. The molecule has 212 valence electrons. The average Bonchev–Trinajstić information content (AvgIpc) is 3.49. The standard InChI is InChI=1S/C32H28ClN5O3S/c33-24-11-8-21(9-12-24)28-20-41-29-19-23(10-13-27(29)38(28)42(40)30-7-3-4-16-34-30)32(39)37-17-14-22(15-18-37)31-35-25-5-1-2-6-26(25)36-31/h1-13,16,19,22,28H,14-15,17-18,20H2,(H,35,36). The SMILES string of the molecule is O=C(c1ccc2c(c1)OCC(c1ccc(Cl)cc1)N2S(=O)c1ccccn1)N1CCC(c2nc3ccccc3[nH]2)CC1. The summed E-state index contributed by atoms with van der Waals surface area (Å²) < 4.78 is 21.9. The summed E-state index contributed by atoms with van der Waals surface area (Å²) in [5.41, 5.74) is 4.12. The summed E-state index contributed by atoms with van der Waals surface area (Å²) >= 11 is 6.14. The third-order valence-electron chi connectivity index (χ3n) is 7.95. The first-order valence-electron chi connectivity index (χ1n) is 13.9. The summed E-state index contributed by atoms with van der Waals surface area (Å²) in [6.45, 7) is 1.55. The number of nitrogens with zero attached hydrogens (tertiary/aromatic N) is 4. The van der Waals surface area contributed by atoms with Crippen molar-refractivity contribution in [1.82, 2.24) is 19.9 Å². The number of hydrogen-bond acceptors (Lipinski definition) is 5. The molecular formula is C32H28ClN5O3S. The molecule has 42 heavy (non-hydrogen) atoms. The van der Waals surface area contributed by atoms with Gasteiger partial charge in [-0.3, -0.25) is 9.10 Å². The number of halogens is 1. The van der Waals surface area contributed by atoms with Gasteiger partial charge >= 0.3 is 0 Å². The average molecular weight is 598 g/mol. The molecule has 1 N–H and O–H groups in total. The number of piperidine rings is 1. The molecule has 2 aromatic heterocycles. The van der Waals surface area contributed by atoms with E-state index in [2.05, 4.69) is 9.97 Å². The summed E-state index contributed by atoms with van der Waals surface area (Å²) in [5, 5.41) is 1.06. The van der Waals surface area contributed by atoms with Crippen LogP contribution in [0.15, 0.2) is 96.2 Å². The molecule has 1 amide bonds. The van der Waals surface area contributed by atoms with Gasteiger partial charge in [-0.1, -0.05) is 41.9 Å². The molecule has 2 unspecified atom stereocenters. The first-order chi connectivity index (χ1) is 20.5. The zero-order valence-electron chi connectivity index (χ0n) is 22.7. The van der Waals surface area contributed by atoms with Crippen molar-refractivity contribution in [1.29, 1.82) is 0 Å². The number of pyridine rings is 1. The lowest BCUT2D eigenvalue weighted by Gasteiger charge is -2.37. The lowest BCUT2D eigenvalue weighted by Crippen LogP contribution is -2.39. The minimum absolute atomic E-state index is 0.0401. The molecular weight excluding hydrogens is 570 g/mol. The van der Waals surface area contributed by atoms with E-state index in [4.69, 9.17) is 21.3 Å². The van der Waals surface area contributed by atoms with Crippen LogP contribution in [0, 0.1) is 0 Å². The Morgan fingerprint density at radius 1 is 0.976 bits per heavy atom. The van der Waals surface area contributed by atoms with Crippen LogP contribution in [0.25, 0.3) is 11.0 Å². The third-order valence-corrected chi connectivity index (χ3v) is 9.61. The van der Waals surface area contributed by atoms with E-state index >= 15 is 0 Å². The Morgan fingerprint density at radius 3 is 2.52 bits per heavy atom. The number of anilines is 1. The Hall–Kier alpha value is -4.21. The molecule has 2 aliphatic heterocycles. The highest BCUT2D eigenvalue weighted by atomic mass is 35.5. The van der Waals surface area contributed by atoms with Gasteiger partial charge < -0.3 is 14.6 Å². The van der Waals surface area contributed by atoms with Gasteiger partial charge in [0.25, 0.3) is 5.91 Å². The van der Waals surface area contributed by atoms with Crippen molar-refractivity contribution < 1.29 is 13.7 Å². The molecule has 0 saturated carbocycles. The molecule has 5 aromatic rings. The number of rotatable bonds is 5. The molecule has 2 aliphatic rings. The molecule has 10 heteroatoms. The van der Waals surface area contributed by atoms with Gasteiger partial charge in [-0.15, -0.1) is 0 Å². The summed E-state index contributed by atoms with van der Waals surface area (Å²) in [6.07, 6.45) is 3.31. The maximum absolute atomic E-state index is 13.9. The van der Waals surface area contributed by atoms with Gasteiger partial charge in [0.05, 0.1) is 16.7 Å². The molecule has 0 bridgehead atoms. The molecule has 2 atom stereocenters. The summed E-state index contributed by atoms with van der Waals surface area (Å²) in [5.74, 6) is 1.75.